The first-order chi connectivity index (χ1) is 11.7. The van der Waals surface area contributed by atoms with Crippen LogP contribution in [0.5, 0.6) is 5.75 Å². The topological polar surface area (TPSA) is 38.3 Å². The Morgan fingerprint density at radius 3 is 2.79 bits per heavy atom. The fraction of sp³-hybridized carbons (Fsp3) is 0.286. The summed E-state index contributed by atoms with van der Waals surface area (Å²) in [5.41, 5.74) is 5.09. The molecule has 0 spiro atoms. The van der Waals surface area contributed by atoms with Crippen molar-refractivity contribution >= 4 is 11.5 Å². The largest absolute Gasteiger partial charge is 0.489 e. The number of carbonyl (C=O) groups is 1. The zero-order chi connectivity index (χ0) is 16.8. The molecule has 2 aromatic rings. The van der Waals surface area contributed by atoms with Crippen LogP contribution < -0.4 is 10.1 Å². The van der Waals surface area contributed by atoms with E-state index in [0.29, 0.717) is 13.2 Å². The summed E-state index contributed by atoms with van der Waals surface area (Å²) in [7, 11) is 0. The lowest BCUT2D eigenvalue weighted by atomic mass is 9.89. The maximum atomic E-state index is 11.1. The van der Waals surface area contributed by atoms with Crippen LogP contribution in [-0.4, -0.2) is 12.5 Å². The molecule has 3 rings (SSSR count). The summed E-state index contributed by atoms with van der Waals surface area (Å²) in [6.45, 7) is 2.80. The summed E-state index contributed by atoms with van der Waals surface area (Å²) in [6, 6.07) is 16.5. The van der Waals surface area contributed by atoms with E-state index in [-0.39, 0.29) is 5.91 Å². The molecule has 3 nitrogen and oxygen atoms in total. The first-order valence-electron chi connectivity index (χ1n) is 8.46. The van der Waals surface area contributed by atoms with E-state index < -0.39 is 0 Å². The Kier molecular flexibility index (Phi) is 5.32. The van der Waals surface area contributed by atoms with E-state index in [9.17, 15) is 4.79 Å². The van der Waals surface area contributed by atoms with Gasteiger partial charge in [0.05, 0.1) is 0 Å². The Morgan fingerprint density at radius 2 is 2.00 bits per heavy atom. The predicted molar refractivity (Wildman–Crippen MR) is 96.8 cm³/mol. The first-order valence-corrected chi connectivity index (χ1v) is 8.46. The minimum atomic E-state index is 0.0200. The molecule has 1 aliphatic carbocycles. The molecule has 124 valence electrons. The quantitative estimate of drug-likeness (QED) is 0.869. The second-order valence-corrected chi connectivity index (χ2v) is 6.09. The van der Waals surface area contributed by atoms with Gasteiger partial charge in [0, 0.05) is 13.5 Å². The van der Waals surface area contributed by atoms with Crippen LogP contribution in [-0.2, 0) is 17.8 Å². The lowest BCUT2D eigenvalue weighted by molar-refractivity contribution is -0.118. The number of ether oxygens (including phenoxy) is 1. The molecule has 0 aromatic heterocycles. The van der Waals surface area contributed by atoms with Gasteiger partial charge in [0.2, 0.25) is 5.91 Å². The van der Waals surface area contributed by atoms with E-state index in [1.54, 1.807) is 6.92 Å². The predicted octanol–water partition coefficient (Wildman–Crippen LogP) is 4.12. The highest BCUT2D eigenvalue weighted by molar-refractivity contribution is 5.74. The Balaban J connectivity index is 1.69. The van der Waals surface area contributed by atoms with Crippen molar-refractivity contribution in [3.8, 4) is 5.75 Å². The maximum Gasteiger partial charge on any atom is 0.216 e. The van der Waals surface area contributed by atoms with Crippen LogP contribution in [0.2, 0.25) is 0 Å². The molecule has 2 aromatic carbocycles. The summed E-state index contributed by atoms with van der Waals surface area (Å²) in [5, 5.41) is 2.87. The fourth-order valence-electron chi connectivity index (χ4n) is 3.02. The zero-order valence-corrected chi connectivity index (χ0v) is 14.0. The molecule has 1 aliphatic rings. The minimum Gasteiger partial charge on any atom is -0.489 e. The lowest BCUT2D eigenvalue weighted by Crippen LogP contribution is -2.21. The number of hydrogen-bond donors (Lipinski definition) is 1. The van der Waals surface area contributed by atoms with E-state index in [4.69, 9.17) is 4.74 Å². The molecule has 1 N–H and O–H groups in total. The molecular formula is C21H23NO2. The fourth-order valence-corrected chi connectivity index (χ4v) is 3.02. The van der Waals surface area contributed by atoms with Crippen LogP contribution >= 0.6 is 0 Å². The second kappa shape index (κ2) is 7.82. The molecule has 0 unspecified atom stereocenters. The van der Waals surface area contributed by atoms with Crippen molar-refractivity contribution in [3.63, 3.8) is 0 Å². The van der Waals surface area contributed by atoms with E-state index in [0.717, 1.165) is 30.6 Å². The van der Waals surface area contributed by atoms with E-state index in [1.165, 1.54) is 16.7 Å². The third-order valence-corrected chi connectivity index (χ3v) is 4.25. The minimum absolute atomic E-state index is 0.0200. The highest BCUT2D eigenvalue weighted by Gasteiger charge is 2.13. The van der Waals surface area contributed by atoms with E-state index in [1.807, 2.05) is 18.2 Å². The summed E-state index contributed by atoms with van der Waals surface area (Å²) in [6.07, 6.45) is 5.27. The molecule has 24 heavy (non-hydrogen) atoms. The standard InChI is InChI=1S/C21H23NO2/c1-16(23)22-13-12-19-9-5-8-18-10-11-20(14-21(18)19)24-15-17-6-3-2-4-7-17/h2-4,6-7,9-11,14H,5,8,12-13,15H2,1H3,(H,22,23). The Hall–Kier alpha value is -2.55. The van der Waals surface area contributed by atoms with Crippen molar-refractivity contribution in [2.24, 2.45) is 0 Å². The second-order valence-electron chi connectivity index (χ2n) is 6.09. The Labute approximate surface area is 143 Å². The molecule has 0 saturated carbocycles. The first kappa shape index (κ1) is 16.3. The van der Waals surface area contributed by atoms with Gasteiger partial charge in [-0.05, 0) is 53.7 Å². The normalized spacial score (nSPS) is 13.0. The van der Waals surface area contributed by atoms with Crippen LogP contribution in [0.15, 0.2) is 54.6 Å². The third kappa shape index (κ3) is 4.25. The van der Waals surface area contributed by atoms with Crippen LogP contribution in [0.25, 0.3) is 5.57 Å². The zero-order valence-electron chi connectivity index (χ0n) is 14.0. The van der Waals surface area contributed by atoms with E-state index in [2.05, 4.69) is 41.7 Å². The van der Waals surface area contributed by atoms with Crippen LogP contribution in [0.3, 0.4) is 0 Å². The molecule has 0 saturated heterocycles. The van der Waals surface area contributed by atoms with Crippen LogP contribution in [0.4, 0.5) is 0 Å². The Morgan fingerprint density at radius 1 is 1.17 bits per heavy atom. The van der Waals surface area contributed by atoms with Crippen molar-refractivity contribution < 1.29 is 9.53 Å². The molecule has 0 heterocycles. The molecule has 0 atom stereocenters. The molecule has 0 bridgehead atoms. The third-order valence-electron chi connectivity index (χ3n) is 4.25. The number of allylic oxidation sites excluding steroid dienone is 1. The number of rotatable bonds is 6. The number of carbonyl (C=O) groups excluding carboxylic acids is 1. The SMILES string of the molecule is CC(=O)NCCC1=CCCc2ccc(OCc3ccccc3)cc21. The number of aryl methyl sites for hydroxylation is 1. The van der Waals surface area contributed by atoms with Gasteiger partial charge in [-0.3, -0.25) is 4.79 Å². The maximum absolute atomic E-state index is 11.1. The number of benzene rings is 2. The average molecular weight is 321 g/mol. The summed E-state index contributed by atoms with van der Waals surface area (Å²) in [4.78, 5) is 11.1. The van der Waals surface area contributed by atoms with Gasteiger partial charge < -0.3 is 10.1 Å². The number of fused-ring (bicyclic) bond motifs is 1. The summed E-state index contributed by atoms with van der Waals surface area (Å²) in [5.74, 6) is 0.913. The molecule has 1 amide bonds. The van der Waals surface area contributed by atoms with Gasteiger partial charge in [-0.25, -0.2) is 0 Å². The van der Waals surface area contributed by atoms with Crippen molar-refractivity contribution in [1.82, 2.24) is 5.32 Å². The summed E-state index contributed by atoms with van der Waals surface area (Å²) < 4.78 is 5.95. The van der Waals surface area contributed by atoms with Gasteiger partial charge in [-0.2, -0.15) is 0 Å². The monoisotopic (exact) mass is 321 g/mol. The molecule has 0 radical (unpaired) electrons. The van der Waals surface area contributed by atoms with Gasteiger partial charge in [0.25, 0.3) is 0 Å². The smallest absolute Gasteiger partial charge is 0.216 e. The van der Waals surface area contributed by atoms with Gasteiger partial charge >= 0.3 is 0 Å². The van der Waals surface area contributed by atoms with Gasteiger partial charge in [-0.1, -0.05) is 42.5 Å². The molecule has 0 fully saturated rings. The number of nitrogens with one attached hydrogen (secondary N) is 1. The number of amides is 1. The van der Waals surface area contributed by atoms with Crippen molar-refractivity contribution in [1.29, 1.82) is 0 Å². The van der Waals surface area contributed by atoms with Crippen molar-refractivity contribution in [3.05, 3.63) is 71.3 Å². The number of hydrogen-bond acceptors (Lipinski definition) is 2. The average Bonchev–Trinajstić information content (AvgIpc) is 2.61. The van der Waals surface area contributed by atoms with Gasteiger partial charge in [0.15, 0.2) is 0 Å². The highest BCUT2D eigenvalue weighted by Crippen LogP contribution is 2.31. The molecule has 0 aliphatic heterocycles. The highest BCUT2D eigenvalue weighted by atomic mass is 16.5. The van der Waals surface area contributed by atoms with Crippen molar-refractivity contribution in [2.45, 2.75) is 32.8 Å². The molecular weight excluding hydrogens is 298 g/mol. The summed E-state index contributed by atoms with van der Waals surface area (Å²) >= 11 is 0. The van der Waals surface area contributed by atoms with Crippen LogP contribution in [0, 0.1) is 0 Å². The van der Waals surface area contributed by atoms with E-state index >= 15 is 0 Å². The Bertz CT molecular complexity index is 735. The molecule has 3 heteroatoms. The van der Waals surface area contributed by atoms with Crippen molar-refractivity contribution in [2.75, 3.05) is 6.54 Å². The van der Waals surface area contributed by atoms with Gasteiger partial charge in [0.1, 0.15) is 12.4 Å². The van der Waals surface area contributed by atoms with Crippen LogP contribution in [0.1, 0.15) is 36.5 Å². The van der Waals surface area contributed by atoms with Gasteiger partial charge in [-0.15, -0.1) is 0 Å². The lowest BCUT2D eigenvalue weighted by Gasteiger charge is -2.19.